The lowest BCUT2D eigenvalue weighted by molar-refractivity contribution is -0.189. The number of rotatable bonds is 2. The average Bonchev–Trinajstić information content (AvgIpc) is 3.25. The number of urea groups is 1. The number of ether oxygens (including phenoxy) is 1. The van der Waals surface area contributed by atoms with Gasteiger partial charge in [0.1, 0.15) is 22.5 Å². The Morgan fingerprint density at radius 3 is 2.56 bits per heavy atom. The van der Waals surface area contributed by atoms with E-state index in [0.717, 1.165) is 5.03 Å². The summed E-state index contributed by atoms with van der Waals surface area (Å²) < 4.78 is 28.6. The lowest BCUT2D eigenvalue weighted by Gasteiger charge is -2.58. The molecule has 0 bridgehead atoms. The van der Waals surface area contributed by atoms with Gasteiger partial charge in [0, 0.05) is 24.7 Å². The molecule has 0 radical (unpaired) electrons. The summed E-state index contributed by atoms with van der Waals surface area (Å²) in [6.45, 7) is 3.33. The number of imide groups is 2. The van der Waals surface area contributed by atoms with Crippen molar-refractivity contribution in [1.82, 2.24) is 25.8 Å². The number of nitrogens with one attached hydrogen (secondary N) is 2. The molecule has 2 N–H and O–H groups in total. The monoisotopic (exact) mass is 512 g/mol. The van der Waals surface area contributed by atoms with E-state index in [0.29, 0.717) is 33.6 Å². The van der Waals surface area contributed by atoms with Crippen LogP contribution in [0.4, 0.5) is 14.9 Å². The molecular weight excluding hydrogens is 491 g/mol. The van der Waals surface area contributed by atoms with Crippen molar-refractivity contribution in [1.29, 1.82) is 0 Å². The smallest absolute Gasteiger partial charge is 0.328 e. The summed E-state index contributed by atoms with van der Waals surface area (Å²) in [6.07, 6.45) is 3.23. The molecule has 11 nitrogen and oxygen atoms in total. The summed E-state index contributed by atoms with van der Waals surface area (Å²) in [6, 6.07) is 2.39. The van der Waals surface area contributed by atoms with Crippen LogP contribution < -0.4 is 15.5 Å². The number of amides is 4. The highest BCUT2D eigenvalue weighted by atomic mass is 32.2. The number of nitrogens with zero attached hydrogens (tertiary/aromatic N) is 4. The fraction of sp³-hybridized carbons (Fsp3) is 0.391. The van der Waals surface area contributed by atoms with Crippen molar-refractivity contribution < 1.29 is 28.0 Å². The Balaban J connectivity index is 1.57. The molecule has 3 atom stereocenters. The molecule has 4 amide bonds. The lowest BCUT2D eigenvalue weighted by Crippen LogP contribution is -2.80. The first kappa shape index (κ1) is 22.9. The van der Waals surface area contributed by atoms with Crippen molar-refractivity contribution in [2.24, 2.45) is 5.41 Å². The van der Waals surface area contributed by atoms with E-state index in [1.165, 1.54) is 23.6 Å². The van der Waals surface area contributed by atoms with Crippen LogP contribution in [0.3, 0.4) is 0 Å². The quantitative estimate of drug-likeness (QED) is 0.298. The van der Waals surface area contributed by atoms with Gasteiger partial charge in [-0.2, -0.15) is 0 Å². The Kier molecular flexibility index (Phi) is 4.89. The molecule has 2 fully saturated rings. The maximum absolute atomic E-state index is 17.3. The first-order chi connectivity index (χ1) is 17.2. The van der Waals surface area contributed by atoms with Gasteiger partial charge in [-0.15, -0.1) is 11.8 Å². The van der Waals surface area contributed by atoms with Crippen molar-refractivity contribution in [3.8, 4) is 11.4 Å². The molecule has 6 rings (SSSR count). The topological polar surface area (TPSA) is 140 Å². The minimum atomic E-state index is -2.57. The Hall–Kier alpha value is -3.58. The SMILES string of the molecule is CSc1cnc(-c2noc3cc4c(cc23)CC2(C(=O)NC(=O)NC2=O)C2(F)C(C)OC(C)CN42)cn1. The summed E-state index contributed by atoms with van der Waals surface area (Å²) in [5.41, 5.74) is 0.00623. The zero-order chi connectivity index (χ0) is 25.4. The third kappa shape index (κ3) is 2.89. The molecular formula is C23H21FN6O5S. The molecule has 0 saturated carbocycles. The molecule has 13 heteroatoms. The first-order valence-electron chi connectivity index (χ1n) is 11.3. The van der Waals surface area contributed by atoms with Crippen LogP contribution in [0, 0.1) is 5.41 Å². The molecule has 2 saturated heterocycles. The van der Waals surface area contributed by atoms with Crippen molar-refractivity contribution in [3.05, 3.63) is 30.1 Å². The fourth-order valence-electron chi connectivity index (χ4n) is 5.52. The van der Waals surface area contributed by atoms with Crippen LogP contribution in [-0.2, 0) is 20.7 Å². The van der Waals surface area contributed by atoms with Gasteiger partial charge >= 0.3 is 6.03 Å². The number of alkyl halides is 1. The summed E-state index contributed by atoms with van der Waals surface area (Å²) in [5.74, 6) is -4.59. The van der Waals surface area contributed by atoms with E-state index < -0.39 is 41.3 Å². The van der Waals surface area contributed by atoms with Crippen LogP contribution >= 0.6 is 11.8 Å². The number of halogens is 1. The number of thioether (sulfide) groups is 1. The number of hydrogen-bond acceptors (Lipinski definition) is 10. The highest BCUT2D eigenvalue weighted by Gasteiger charge is 2.73. The number of hydrogen-bond donors (Lipinski definition) is 2. The largest absolute Gasteiger partial charge is 0.368 e. The number of anilines is 1. The molecule has 3 aliphatic heterocycles. The number of morpholine rings is 1. The minimum Gasteiger partial charge on any atom is -0.368 e. The van der Waals surface area contributed by atoms with Gasteiger partial charge in [-0.1, -0.05) is 5.16 Å². The van der Waals surface area contributed by atoms with Gasteiger partial charge in [0.05, 0.1) is 23.9 Å². The second-order valence-electron chi connectivity index (χ2n) is 9.14. The number of aromatic nitrogens is 3. The number of barbiturate groups is 1. The Morgan fingerprint density at radius 2 is 1.89 bits per heavy atom. The van der Waals surface area contributed by atoms with Crippen LogP contribution in [0.1, 0.15) is 19.4 Å². The standard InChI is InChI=1S/C23H21FN6O5S/c1-10-9-30-15-5-16-13(18(29-35-16)14-7-26-17(36-3)8-25-14)4-12(15)6-22(23(30,24)11(2)34-10)19(31)27-21(33)28-20(22)32/h4-5,7-8,10-11H,6,9H2,1-3H3,(H2,27,28,31,32,33). The normalized spacial score (nSPS) is 27.0. The van der Waals surface area contributed by atoms with Gasteiger partial charge in [0.25, 0.3) is 0 Å². The number of carbonyl (C=O) groups excluding carboxylic acids is 3. The maximum atomic E-state index is 17.3. The van der Waals surface area contributed by atoms with Crippen LogP contribution in [0.15, 0.2) is 34.1 Å². The number of carbonyl (C=O) groups is 3. The van der Waals surface area contributed by atoms with E-state index in [4.69, 9.17) is 9.26 Å². The Labute approximate surface area is 208 Å². The minimum absolute atomic E-state index is 0.0677. The Bertz CT molecular complexity index is 1420. The van der Waals surface area contributed by atoms with Gasteiger partial charge in [-0.05, 0) is 31.7 Å². The second kappa shape index (κ2) is 7.71. The Morgan fingerprint density at radius 1 is 1.14 bits per heavy atom. The molecule has 186 valence electrons. The third-order valence-electron chi connectivity index (χ3n) is 7.13. The van der Waals surface area contributed by atoms with Crippen molar-refractivity contribution in [3.63, 3.8) is 0 Å². The number of fused-ring (bicyclic) bond motifs is 5. The van der Waals surface area contributed by atoms with E-state index in [1.54, 1.807) is 31.5 Å². The van der Waals surface area contributed by atoms with Gasteiger partial charge in [-0.3, -0.25) is 25.2 Å². The molecule has 5 heterocycles. The molecule has 1 spiro atoms. The summed E-state index contributed by atoms with van der Waals surface area (Å²) in [5, 5.41) is 9.65. The number of benzene rings is 1. The van der Waals surface area contributed by atoms with Crippen LogP contribution in [0.2, 0.25) is 0 Å². The first-order valence-corrected chi connectivity index (χ1v) is 12.5. The van der Waals surface area contributed by atoms with Gasteiger partial charge < -0.3 is 14.2 Å². The zero-order valence-corrected chi connectivity index (χ0v) is 20.3. The van der Waals surface area contributed by atoms with Gasteiger partial charge in [0.15, 0.2) is 11.0 Å². The molecule has 1 aromatic carbocycles. The van der Waals surface area contributed by atoms with E-state index in [9.17, 15) is 14.4 Å². The fourth-order valence-corrected chi connectivity index (χ4v) is 5.84. The molecule has 3 aromatic rings. The van der Waals surface area contributed by atoms with Gasteiger partial charge in [-0.25, -0.2) is 14.2 Å². The third-order valence-corrected chi connectivity index (χ3v) is 7.76. The maximum Gasteiger partial charge on any atom is 0.328 e. The predicted octanol–water partition coefficient (Wildman–Crippen LogP) is 2.19. The zero-order valence-electron chi connectivity index (χ0n) is 19.5. The highest BCUT2D eigenvalue weighted by molar-refractivity contribution is 7.98. The van der Waals surface area contributed by atoms with Crippen molar-refractivity contribution in [2.45, 2.75) is 43.3 Å². The lowest BCUT2D eigenvalue weighted by atomic mass is 9.64. The van der Waals surface area contributed by atoms with Crippen LogP contribution in [0.5, 0.6) is 0 Å². The summed E-state index contributed by atoms with van der Waals surface area (Å²) in [4.78, 5) is 48.6. The van der Waals surface area contributed by atoms with Crippen molar-refractivity contribution in [2.75, 3.05) is 17.7 Å². The molecule has 0 aliphatic carbocycles. The van der Waals surface area contributed by atoms with E-state index in [1.807, 2.05) is 6.26 Å². The second-order valence-corrected chi connectivity index (χ2v) is 9.97. The summed E-state index contributed by atoms with van der Waals surface area (Å²) >= 11 is 1.45. The summed E-state index contributed by atoms with van der Waals surface area (Å²) in [7, 11) is 0. The highest BCUT2D eigenvalue weighted by Crippen LogP contribution is 2.55. The predicted molar refractivity (Wildman–Crippen MR) is 126 cm³/mol. The van der Waals surface area contributed by atoms with Crippen molar-refractivity contribution >= 4 is 46.3 Å². The van der Waals surface area contributed by atoms with E-state index in [2.05, 4.69) is 25.8 Å². The molecule has 3 unspecified atom stereocenters. The average molecular weight is 513 g/mol. The van der Waals surface area contributed by atoms with Crippen LogP contribution in [0.25, 0.3) is 22.4 Å². The molecule has 3 aliphatic rings. The van der Waals surface area contributed by atoms with Gasteiger partial charge in [0.2, 0.25) is 17.6 Å². The van der Waals surface area contributed by atoms with E-state index in [-0.39, 0.29) is 13.0 Å². The van der Waals surface area contributed by atoms with Crippen LogP contribution in [-0.4, -0.2) is 63.8 Å². The molecule has 2 aromatic heterocycles. The molecule has 36 heavy (non-hydrogen) atoms. The van der Waals surface area contributed by atoms with E-state index >= 15 is 4.39 Å².